The molecule has 0 fully saturated rings. The molecule has 6 nitrogen and oxygen atoms in total. The number of hydrogen-bond donors (Lipinski definition) is 0. The van der Waals surface area contributed by atoms with Crippen molar-refractivity contribution in [2.45, 2.75) is 297 Å². The van der Waals surface area contributed by atoms with Gasteiger partial charge in [0.25, 0.3) is 0 Å². The normalized spacial score (nSPS) is 12.4. The van der Waals surface area contributed by atoms with Gasteiger partial charge in [0, 0.05) is 19.3 Å². The van der Waals surface area contributed by atoms with E-state index in [4.69, 9.17) is 14.2 Å². The van der Waals surface area contributed by atoms with E-state index in [1.54, 1.807) is 0 Å². The lowest BCUT2D eigenvalue weighted by atomic mass is 10.0. The van der Waals surface area contributed by atoms with Gasteiger partial charge < -0.3 is 14.2 Å². The van der Waals surface area contributed by atoms with Crippen LogP contribution in [0.4, 0.5) is 0 Å². The fourth-order valence-corrected chi connectivity index (χ4v) is 8.14. The van der Waals surface area contributed by atoms with Crippen LogP contribution in [0.1, 0.15) is 290 Å². The predicted molar refractivity (Wildman–Crippen MR) is 279 cm³/mol. The van der Waals surface area contributed by atoms with E-state index in [-0.39, 0.29) is 31.1 Å². The molecular weight excluding hydrogens is 805 g/mol. The maximum Gasteiger partial charge on any atom is 0.306 e. The predicted octanol–water partition coefficient (Wildman–Crippen LogP) is 18.7. The maximum absolute atomic E-state index is 12.7. The van der Waals surface area contributed by atoms with Crippen molar-refractivity contribution >= 4 is 17.9 Å². The van der Waals surface area contributed by atoms with Crippen molar-refractivity contribution < 1.29 is 28.6 Å². The average molecular weight is 911 g/mol. The average Bonchev–Trinajstić information content (AvgIpc) is 3.30. The Balaban J connectivity index is 4.01. The van der Waals surface area contributed by atoms with Crippen molar-refractivity contribution in [3.05, 3.63) is 48.6 Å². The number of ether oxygens (including phenoxy) is 3. The molecule has 0 amide bonds. The lowest BCUT2D eigenvalue weighted by Crippen LogP contribution is -2.30. The first-order valence-corrected chi connectivity index (χ1v) is 28.1. The van der Waals surface area contributed by atoms with Crippen LogP contribution in [0.5, 0.6) is 0 Å². The van der Waals surface area contributed by atoms with Crippen LogP contribution in [0.2, 0.25) is 0 Å². The molecule has 0 radical (unpaired) electrons. The zero-order chi connectivity index (χ0) is 47.2. The van der Waals surface area contributed by atoms with Gasteiger partial charge in [-0.3, -0.25) is 14.4 Å². The standard InChI is InChI=1S/C59H106O6/c1-4-7-10-13-16-19-21-22-23-24-25-26-27-28-29-30-31-32-33-34-35-36-37-38-39-41-43-46-49-52-58(61)64-55-56(54-63-57(60)51-48-45-42-18-15-12-9-6-3)65-59(62)53-50-47-44-40-20-17-14-11-8-5-2/h7,10,16,19,22-23,25-26,56H,4-6,8-9,11-15,17-18,20-21,24,27-55H2,1-3H3/b10-7-,19-16-,23-22-,26-25-. The number of allylic oxidation sites excluding steroid dienone is 8. The number of hydrogen-bond acceptors (Lipinski definition) is 6. The summed E-state index contributed by atoms with van der Waals surface area (Å²) in [6.45, 7) is 6.51. The van der Waals surface area contributed by atoms with Gasteiger partial charge >= 0.3 is 17.9 Å². The van der Waals surface area contributed by atoms with Gasteiger partial charge in [-0.05, 0) is 57.8 Å². The molecule has 0 heterocycles. The Hall–Kier alpha value is -2.63. The summed E-state index contributed by atoms with van der Waals surface area (Å²) in [5.74, 6) is -0.862. The molecule has 0 aromatic rings. The first kappa shape index (κ1) is 62.4. The van der Waals surface area contributed by atoms with Crippen LogP contribution < -0.4 is 0 Å². The number of carbonyl (C=O) groups excluding carboxylic acids is 3. The first-order valence-electron chi connectivity index (χ1n) is 28.1. The SMILES string of the molecule is CC/C=C\C/C=C\C/C=C\C/C=C\CCCCCCCCCCCCCCCCCCC(=O)OCC(COC(=O)CCCCCCCCCC)OC(=O)CCCCCCCCCCCC. The molecule has 378 valence electrons. The van der Waals surface area contributed by atoms with Crippen molar-refractivity contribution in [1.29, 1.82) is 0 Å². The summed E-state index contributed by atoms with van der Waals surface area (Å²) < 4.78 is 16.7. The van der Waals surface area contributed by atoms with E-state index in [9.17, 15) is 14.4 Å². The van der Waals surface area contributed by atoms with Crippen LogP contribution in [0.3, 0.4) is 0 Å². The van der Waals surface area contributed by atoms with Crippen LogP contribution in [0.15, 0.2) is 48.6 Å². The summed E-state index contributed by atoms with van der Waals surface area (Å²) >= 11 is 0. The summed E-state index contributed by atoms with van der Waals surface area (Å²) in [4.78, 5) is 37.8. The van der Waals surface area contributed by atoms with Crippen LogP contribution in [-0.4, -0.2) is 37.2 Å². The monoisotopic (exact) mass is 911 g/mol. The lowest BCUT2D eigenvalue weighted by molar-refractivity contribution is -0.167. The minimum Gasteiger partial charge on any atom is -0.462 e. The van der Waals surface area contributed by atoms with Gasteiger partial charge in [0.1, 0.15) is 13.2 Å². The highest BCUT2D eigenvalue weighted by Gasteiger charge is 2.19. The van der Waals surface area contributed by atoms with Crippen LogP contribution >= 0.6 is 0 Å². The van der Waals surface area contributed by atoms with Crippen molar-refractivity contribution in [3.63, 3.8) is 0 Å². The Bertz CT molecular complexity index is 1140. The van der Waals surface area contributed by atoms with Crippen molar-refractivity contribution in [1.82, 2.24) is 0 Å². The van der Waals surface area contributed by atoms with Gasteiger partial charge in [-0.2, -0.15) is 0 Å². The molecule has 0 saturated carbocycles. The molecule has 0 N–H and O–H groups in total. The molecule has 0 aliphatic carbocycles. The summed E-state index contributed by atoms with van der Waals surface area (Å²) in [7, 11) is 0. The third-order valence-electron chi connectivity index (χ3n) is 12.3. The van der Waals surface area contributed by atoms with E-state index in [0.717, 1.165) is 83.5 Å². The van der Waals surface area contributed by atoms with Crippen LogP contribution in [0.25, 0.3) is 0 Å². The number of carbonyl (C=O) groups is 3. The molecule has 0 aliphatic rings. The quantitative estimate of drug-likeness (QED) is 0.0262. The highest BCUT2D eigenvalue weighted by molar-refractivity contribution is 5.71. The lowest BCUT2D eigenvalue weighted by Gasteiger charge is -2.18. The van der Waals surface area contributed by atoms with E-state index < -0.39 is 6.10 Å². The molecule has 6 heteroatoms. The fraction of sp³-hybridized carbons (Fsp3) is 0.814. The smallest absolute Gasteiger partial charge is 0.306 e. The summed E-state index contributed by atoms with van der Waals surface area (Å²) in [6.07, 6.45) is 65.6. The Morgan fingerprint density at radius 3 is 0.938 bits per heavy atom. The second kappa shape index (κ2) is 54.0. The number of rotatable bonds is 51. The molecule has 1 unspecified atom stereocenters. The molecular formula is C59H106O6. The fourth-order valence-electron chi connectivity index (χ4n) is 8.14. The Labute approximate surface area is 403 Å². The third-order valence-corrected chi connectivity index (χ3v) is 12.3. The van der Waals surface area contributed by atoms with Gasteiger partial charge in [0.05, 0.1) is 0 Å². The Kier molecular flexibility index (Phi) is 51.8. The number of esters is 3. The minimum absolute atomic E-state index is 0.0679. The van der Waals surface area contributed by atoms with Crippen LogP contribution in [0, 0.1) is 0 Å². The highest BCUT2D eigenvalue weighted by Crippen LogP contribution is 2.16. The van der Waals surface area contributed by atoms with Gasteiger partial charge in [-0.15, -0.1) is 0 Å². The number of unbranched alkanes of at least 4 members (excludes halogenated alkanes) is 32. The van der Waals surface area contributed by atoms with E-state index in [2.05, 4.69) is 69.4 Å². The second-order valence-electron chi connectivity index (χ2n) is 18.8. The second-order valence-corrected chi connectivity index (χ2v) is 18.8. The molecule has 0 rings (SSSR count). The van der Waals surface area contributed by atoms with Gasteiger partial charge in [0.2, 0.25) is 0 Å². The van der Waals surface area contributed by atoms with Gasteiger partial charge in [-0.1, -0.05) is 262 Å². The van der Waals surface area contributed by atoms with Crippen molar-refractivity contribution in [2.75, 3.05) is 13.2 Å². The zero-order valence-electron chi connectivity index (χ0n) is 43.3. The zero-order valence-corrected chi connectivity index (χ0v) is 43.3. The molecule has 65 heavy (non-hydrogen) atoms. The van der Waals surface area contributed by atoms with Gasteiger partial charge in [0.15, 0.2) is 6.10 Å². The topological polar surface area (TPSA) is 78.9 Å². The summed E-state index contributed by atoms with van der Waals surface area (Å²) in [5.41, 5.74) is 0. The third kappa shape index (κ3) is 52.2. The summed E-state index contributed by atoms with van der Waals surface area (Å²) in [6, 6.07) is 0. The van der Waals surface area contributed by atoms with E-state index >= 15 is 0 Å². The molecule has 0 bridgehead atoms. The van der Waals surface area contributed by atoms with Gasteiger partial charge in [-0.25, -0.2) is 0 Å². The molecule has 0 aromatic carbocycles. The molecule has 0 aromatic heterocycles. The first-order chi connectivity index (χ1) is 32.0. The highest BCUT2D eigenvalue weighted by atomic mass is 16.6. The molecule has 0 spiro atoms. The minimum atomic E-state index is -0.764. The molecule has 1 atom stereocenters. The van der Waals surface area contributed by atoms with Crippen LogP contribution in [-0.2, 0) is 28.6 Å². The Morgan fingerprint density at radius 2 is 0.600 bits per heavy atom. The largest absolute Gasteiger partial charge is 0.462 e. The van der Waals surface area contributed by atoms with Crippen molar-refractivity contribution in [3.8, 4) is 0 Å². The molecule has 0 aliphatic heterocycles. The van der Waals surface area contributed by atoms with E-state index in [1.165, 1.54) is 167 Å². The van der Waals surface area contributed by atoms with Crippen molar-refractivity contribution in [2.24, 2.45) is 0 Å². The summed E-state index contributed by atoms with van der Waals surface area (Å²) in [5, 5.41) is 0. The molecule has 0 saturated heterocycles. The van der Waals surface area contributed by atoms with E-state index in [0.29, 0.717) is 19.3 Å². The Morgan fingerprint density at radius 1 is 0.323 bits per heavy atom. The maximum atomic E-state index is 12.7. The van der Waals surface area contributed by atoms with E-state index in [1.807, 2.05) is 0 Å².